The third-order valence-corrected chi connectivity index (χ3v) is 7.90. The lowest BCUT2D eigenvalue weighted by Gasteiger charge is -2.27. The molecule has 1 aliphatic heterocycles. The summed E-state index contributed by atoms with van der Waals surface area (Å²) in [5.41, 5.74) is 3.78. The fourth-order valence-corrected chi connectivity index (χ4v) is 5.94. The number of rotatable bonds is 5. The van der Waals surface area contributed by atoms with Gasteiger partial charge in [-0.15, -0.1) is 0 Å². The Morgan fingerprint density at radius 3 is 2.62 bits per heavy atom. The number of hydrogen-bond donors (Lipinski definition) is 0. The van der Waals surface area contributed by atoms with Gasteiger partial charge in [0, 0.05) is 49.4 Å². The van der Waals surface area contributed by atoms with Crippen molar-refractivity contribution in [1.82, 2.24) is 18.8 Å². The molecule has 0 fully saturated rings. The first kappa shape index (κ1) is 20.8. The van der Waals surface area contributed by atoms with Crippen LogP contribution >= 0.6 is 0 Å². The van der Waals surface area contributed by atoms with Crippen LogP contribution in [0, 0.1) is 0 Å². The van der Waals surface area contributed by atoms with Gasteiger partial charge in [0.25, 0.3) is 10.0 Å². The summed E-state index contributed by atoms with van der Waals surface area (Å²) in [7, 11) is -3.69. The van der Waals surface area contributed by atoms with Crippen LogP contribution in [-0.2, 0) is 29.5 Å². The van der Waals surface area contributed by atoms with Gasteiger partial charge in [-0.05, 0) is 35.9 Å². The van der Waals surface area contributed by atoms with Crippen molar-refractivity contribution in [3.8, 4) is 11.6 Å². The summed E-state index contributed by atoms with van der Waals surface area (Å²) in [5.74, 6) is 1.27. The number of furan rings is 1. The third kappa shape index (κ3) is 3.61. The zero-order valence-electron chi connectivity index (χ0n) is 18.3. The maximum absolute atomic E-state index is 13.4. The topological polar surface area (TPSA) is 81.2 Å². The first-order valence-electron chi connectivity index (χ1n) is 11.1. The van der Waals surface area contributed by atoms with Gasteiger partial charge in [0.2, 0.25) is 0 Å². The highest BCUT2D eigenvalue weighted by atomic mass is 32.2. The number of benzene rings is 2. The molecule has 0 saturated heterocycles. The summed E-state index contributed by atoms with van der Waals surface area (Å²) >= 11 is 0. The highest BCUT2D eigenvalue weighted by Gasteiger charge is 2.24. The zero-order chi connectivity index (χ0) is 23.1. The minimum absolute atomic E-state index is 0.277. The Hall–Kier alpha value is -3.75. The molecule has 2 aromatic carbocycles. The average Bonchev–Trinajstić information content (AvgIpc) is 3.54. The van der Waals surface area contributed by atoms with Crippen molar-refractivity contribution in [2.24, 2.45) is 0 Å². The molecule has 0 spiro atoms. The Morgan fingerprint density at radius 1 is 0.971 bits per heavy atom. The van der Waals surface area contributed by atoms with E-state index in [1.807, 2.05) is 48.7 Å². The number of fused-ring (bicyclic) bond motifs is 2. The molecule has 6 rings (SSSR count). The van der Waals surface area contributed by atoms with Crippen LogP contribution in [0.5, 0.6) is 0 Å². The second-order valence-corrected chi connectivity index (χ2v) is 10.2. The van der Waals surface area contributed by atoms with Gasteiger partial charge in [-0.3, -0.25) is 4.90 Å². The molecule has 34 heavy (non-hydrogen) atoms. The number of para-hydroxylation sites is 1. The molecule has 0 unspecified atom stereocenters. The van der Waals surface area contributed by atoms with Gasteiger partial charge in [0.1, 0.15) is 0 Å². The molecule has 0 saturated carbocycles. The minimum Gasteiger partial charge on any atom is -0.461 e. The van der Waals surface area contributed by atoms with E-state index in [9.17, 15) is 8.42 Å². The quantitative estimate of drug-likeness (QED) is 0.377. The molecule has 8 heteroatoms. The van der Waals surface area contributed by atoms with Gasteiger partial charge in [-0.2, -0.15) is 0 Å². The molecule has 0 aliphatic carbocycles. The van der Waals surface area contributed by atoms with E-state index < -0.39 is 10.0 Å². The van der Waals surface area contributed by atoms with Crippen LogP contribution in [-0.4, -0.2) is 33.8 Å². The SMILES string of the molecule is O=S(=O)(c1ccccc1)n1cc(CN2CCc3nc(-c4ccco4)ncc3C2)c2ccccc21. The van der Waals surface area contributed by atoms with Gasteiger partial charge >= 0.3 is 0 Å². The van der Waals surface area contributed by atoms with Crippen molar-refractivity contribution in [1.29, 1.82) is 0 Å². The van der Waals surface area contributed by atoms with Crippen molar-refractivity contribution in [2.45, 2.75) is 24.4 Å². The van der Waals surface area contributed by atoms with Crippen LogP contribution < -0.4 is 0 Å². The van der Waals surface area contributed by atoms with E-state index in [-0.39, 0.29) is 4.90 Å². The Morgan fingerprint density at radius 2 is 1.79 bits per heavy atom. The van der Waals surface area contributed by atoms with Gasteiger partial charge in [0.05, 0.1) is 22.4 Å². The Bertz CT molecular complexity index is 1580. The molecule has 0 atom stereocenters. The summed E-state index contributed by atoms with van der Waals surface area (Å²) in [6.07, 6.45) is 6.05. The zero-order valence-corrected chi connectivity index (χ0v) is 19.1. The van der Waals surface area contributed by atoms with Gasteiger partial charge in [-0.1, -0.05) is 36.4 Å². The van der Waals surface area contributed by atoms with Crippen LogP contribution in [0.4, 0.5) is 0 Å². The summed E-state index contributed by atoms with van der Waals surface area (Å²) in [4.78, 5) is 11.8. The number of aromatic nitrogens is 3. The summed E-state index contributed by atoms with van der Waals surface area (Å²) < 4.78 is 33.6. The van der Waals surface area contributed by atoms with E-state index in [1.54, 1.807) is 36.7 Å². The monoisotopic (exact) mass is 470 g/mol. The molecule has 3 aromatic heterocycles. The number of nitrogens with zero attached hydrogens (tertiary/aromatic N) is 4. The van der Waals surface area contributed by atoms with E-state index in [0.717, 1.165) is 35.2 Å². The smallest absolute Gasteiger partial charge is 0.268 e. The van der Waals surface area contributed by atoms with Crippen molar-refractivity contribution in [3.63, 3.8) is 0 Å². The van der Waals surface area contributed by atoms with Gasteiger partial charge in [0.15, 0.2) is 11.6 Å². The maximum atomic E-state index is 13.4. The molecule has 0 bridgehead atoms. The van der Waals surface area contributed by atoms with Crippen molar-refractivity contribution >= 4 is 20.9 Å². The second kappa shape index (κ2) is 8.23. The van der Waals surface area contributed by atoms with Crippen LogP contribution in [0.15, 0.2) is 94.7 Å². The predicted octanol–water partition coefficient (Wildman–Crippen LogP) is 4.49. The molecular formula is C26H22N4O3S. The van der Waals surface area contributed by atoms with Crippen molar-refractivity contribution in [2.75, 3.05) is 6.54 Å². The van der Waals surface area contributed by atoms with Crippen LogP contribution in [0.2, 0.25) is 0 Å². The predicted molar refractivity (Wildman–Crippen MR) is 129 cm³/mol. The summed E-state index contributed by atoms with van der Waals surface area (Å²) in [6.45, 7) is 2.17. The first-order chi connectivity index (χ1) is 16.6. The summed E-state index contributed by atoms with van der Waals surface area (Å²) in [6, 6.07) is 19.9. The van der Waals surface area contributed by atoms with Crippen LogP contribution in [0.25, 0.3) is 22.5 Å². The maximum Gasteiger partial charge on any atom is 0.268 e. The van der Waals surface area contributed by atoms with E-state index in [4.69, 9.17) is 9.40 Å². The van der Waals surface area contributed by atoms with E-state index in [1.165, 1.54) is 3.97 Å². The average molecular weight is 471 g/mol. The standard InChI is InChI=1S/C26H22N4O3S/c31-34(32,21-7-2-1-3-8-21)30-18-20(22-9-4-5-10-24(22)30)17-29-13-12-23-19(16-29)15-27-26(28-23)25-11-6-14-33-25/h1-11,14-15,18H,12-13,16-17H2. The molecule has 0 amide bonds. The van der Waals surface area contributed by atoms with Crippen molar-refractivity contribution in [3.05, 3.63) is 102 Å². The Balaban J connectivity index is 1.31. The van der Waals surface area contributed by atoms with Crippen LogP contribution in [0.1, 0.15) is 16.8 Å². The summed E-state index contributed by atoms with van der Waals surface area (Å²) in [5, 5.41) is 0.942. The third-order valence-electron chi connectivity index (χ3n) is 6.21. The molecular weight excluding hydrogens is 448 g/mol. The molecule has 0 N–H and O–H groups in total. The van der Waals surface area contributed by atoms with E-state index in [0.29, 0.717) is 30.2 Å². The lowest BCUT2D eigenvalue weighted by Crippen LogP contribution is -2.31. The Kier molecular flexibility index (Phi) is 5.04. The van der Waals surface area contributed by atoms with Crippen molar-refractivity contribution < 1.29 is 12.8 Å². The number of hydrogen-bond acceptors (Lipinski definition) is 6. The largest absolute Gasteiger partial charge is 0.461 e. The first-order valence-corrected chi connectivity index (χ1v) is 12.5. The normalized spacial score (nSPS) is 14.4. The molecule has 5 aromatic rings. The minimum atomic E-state index is -3.69. The fourth-order valence-electron chi connectivity index (χ4n) is 4.52. The van der Waals surface area contributed by atoms with E-state index in [2.05, 4.69) is 9.88 Å². The lowest BCUT2D eigenvalue weighted by molar-refractivity contribution is 0.243. The van der Waals surface area contributed by atoms with Gasteiger partial charge in [-0.25, -0.2) is 22.4 Å². The molecule has 1 aliphatic rings. The highest BCUT2D eigenvalue weighted by molar-refractivity contribution is 7.90. The highest BCUT2D eigenvalue weighted by Crippen LogP contribution is 2.29. The fraction of sp³-hybridized carbons (Fsp3) is 0.154. The molecule has 170 valence electrons. The van der Waals surface area contributed by atoms with E-state index >= 15 is 0 Å². The second-order valence-electron chi connectivity index (χ2n) is 8.39. The van der Waals surface area contributed by atoms with Crippen LogP contribution in [0.3, 0.4) is 0 Å². The molecule has 7 nitrogen and oxygen atoms in total. The molecule has 0 radical (unpaired) electrons. The lowest BCUT2D eigenvalue weighted by atomic mass is 10.1. The molecule has 4 heterocycles. The van der Waals surface area contributed by atoms with Gasteiger partial charge < -0.3 is 4.42 Å². The Labute approximate surface area is 197 Å².